The highest BCUT2D eigenvalue weighted by Crippen LogP contribution is 2.19. The van der Waals surface area contributed by atoms with Crippen molar-refractivity contribution < 1.29 is 42.9 Å². The van der Waals surface area contributed by atoms with E-state index in [0.717, 1.165) is 64.2 Å². The quantitative estimate of drug-likeness (QED) is 0.0211. The van der Waals surface area contributed by atoms with E-state index in [1.165, 1.54) is 257 Å². The molecule has 0 fully saturated rings. The Hall–Kier alpha value is -3.01. The number of unbranched alkanes of at least 4 members (excludes halogenated alkanes) is 43. The zero-order valence-electron chi connectivity index (χ0n) is 56.8. The topological polar surface area (TPSA) is 108 Å². The van der Waals surface area contributed by atoms with Crippen LogP contribution in [-0.2, 0) is 33.3 Å². The van der Waals surface area contributed by atoms with Crippen molar-refractivity contribution in [3.8, 4) is 0 Å². The fourth-order valence-corrected chi connectivity index (χ4v) is 10.7. The number of nitrogens with zero attached hydrogens (tertiary/aromatic N) is 1. The number of carboxylic acid groups (broad SMARTS) is 1. The molecule has 0 aliphatic carbocycles. The van der Waals surface area contributed by atoms with Gasteiger partial charge in [-0.25, -0.2) is 4.79 Å². The third-order valence-corrected chi connectivity index (χ3v) is 16.3. The van der Waals surface area contributed by atoms with Crippen molar-refractivity contribution in [3.63, 3.8) is 0 Å². The second-order valence-electron chi connectivity index (χ2n) is 25.9. The fourth-order valence-electron chi connectivity index (χ4n) is 10.7. The van der Waals surface area contributed by atoms with Gasteiger partial charge in [0.2, 0.25) is 0 Å². The van der Waals surface area contributed by atoms with Crippen molar-refractivity contribution in [1.82, 2.24) is 0 Å². The SMILES string of the molecule is CC/C=C\C/C=C\C/C=C\C/C=C\CCCCCCCCCCCCCCCCCCCCCCCCCCCCC(=O)OC(COC(=O)CCCCCCCCCCC/C=C\CCCCCCCCCC)COC(OCC[N+](C)(C)C)C(=O)O. The molecule has 1 N–H and O–H groups in total. The lowest BCUT2D eigenvalue weighted by Gasteiger charge is -2.25. The molecule has 0 aliphatic rings. The van der Waals surface area contributed by atoms with Gasteiger partial charge in [0.15, 0.2) is 6.10 Å². The van der Waals surface area contributed by atoms with E-state index in [4.69, 9.17) is 18.9 Å². The second kappa shape index (κ2) is 66.9. The van der Waals surface area contributed by atoms with E-state index in [2.05, 4.69) is 74.6 Å². The largest absolute Gasteiger partial charge is 0.477 e. The van der Waals surface area contributed by atoms with Crippen molar-refractivity contribution in [2.24, 2.45) is 0 Å². The summed E-state index contributed by atoms with van der Waals surface area (Å²) in [5.74, 6) is -1.98. The zero-order valence-corrected chi connectivity index (χ0v) is 56.8. The monoisotopic (exact) mass is 1200 g/mol. The molecular formula is C76H140NO8+. The summed E-state index contributed by atoms with van der Waals surface area (Å²) in [5.41, 5.74) is 0. The van der Waals surface area contributed by atoms with E-state index >= 15 is 0 Å². The number of aliphatic carboxylic acids is 1. The Labute approximate surface area is 526 Å². The van der Waals surface area contributed by atoms with Gasteiger partial charge < -0.3 is 28.5 Å². The number of allylic oxidation sites excluding steroid dienone is 10. The van der Waals surface area contributed by atoms with Gasteiger partial charge in [0.25, 0.3) is 6.29 Å². The Morgan fingerprint density at radius 1 is 0.365 bits per heavy atom. The summed E-state index contributed by atoms with van der Waals surface area (Å²) >= 11 is 0. The number of hydrogen-bond donors (Lipinski definition) is 1. The Bertz CT molecular complexity index is 1580. The highest BCUT2D eigenvalue weighted by molar-refractivity contribution is 5.71. The van der Waals surface area contributed by atoms with Gasteiger partial charge in [0.1, 0.15) is 13.2 Å². The van der Waals surface area contributed by atoms with Crippen molar-refractivity contribution in [1.29, 1.82) is 0 Å². The van der Waals surface area contributed by atoms with E-state index in [-0.39, 0.29) is 38.2 Å². The first-order chi connectivity index (χ1) is 41.6. The highest BCUT2D eigenvalue weighted by atomic mass is 16.7. The summed E-state index contributed by atoms with van der Waals surface area (Å²) in [5, 5.41) is 9.75. The summed E-state index contributed by atoms with van der Waals surface area (Å²) < 4.78 is 23.0. The number of ether oxygens (including phenoxy) is 4. The van der Waals surface area contributed by atoms with Crippen molar-refractivity contribution in [2.75, 3.05) is 47.5 Å². The van der Waals surface area contributed by atoms with Gasteiger partial charge >= 0.3 is 17.9 Å². The molecule has 2 atom stereocenters. The molecule has 2 unspecified atom stereocenters. The van der Waals surface area contributed by atoms with Crippen LogP contribution in [0.25, 0.3) is 0 Å². The smallest absolute Gasteiger partial charge is 0.361 e. The molecule has 9 heteroatoms. The van der Waals surface area contributed by atoms with Gasteiger partial charge in [-0.05, 0) is 77.0 Å². The first-order valence-electron chi connectivity index (χ1n) is 36.5. The van der Waals surface area contributed by atoms with E-state index in [1.807, 2.05) is 21.1 Å². The number of rotatable bonds is 68. The van der Waals surface area contributed by atoms with E-state index < -0.39 is 18.4 Å². The number of likely N-dealkylation sites (N-methyl/N-ethyl adjacent to an activating group) is 1. The Balaban J connectivity index is 3.98. The van der Waals surface area contributed by atoms with E-state index in [0.29, 0.717) is 17.4 Å². The lowest BCUT2D eigenvalue weighted by atomic mass is 10.0. The highest BCUT2D eigenvalue weighted by Gasteiger charge is 2.25. The predicted octanol–water partition coefficient (Wildman–Crippen LogP) is 22.7. The Morgan fingerprint density at radius 3 is 1.01 bits per heavy atom. The van der Waals surface area contributed by atoms with Gasteiger partial charge in [-0.2, -0.15) is 0 Å². The van der Waals surface area contributed by atoms with Gasteiger partial charge in [-0.1, -0.05) is 319 Å². The standard InChI is InChI=1S/C76H139NO8/c1-6-8-10-12-14-16-18-20-22-24-26-28-29-30-31-32-33-34-35-36-37-38-39-40-41-42-43-44-45-47-49-51-53-55-57-59-61-63-65-67-74(79)85-72(71-84-76(75(80)81)82-69-68-77(3,4)5)70-83-73(78)66-64-62-60-58-56-54-52-50-48-46-27-25-23-21-19-17-15-13-11-9-7-2/h8,10,14,16,20,22,25-28,72,76H,6-7,9,11-13,15,17-19,21,23-24,29-71H2,1-5H3/p+1/b10-8-,16-14-,22-20-,27-25-,28-26-. The van der Waals surface area contributed by atoms with Gasteiger partial charge in [-0.15, -0.1) is 0 Å². The predicted molar refractivity (Wildman–Crippen MR) is 364 cm³/mol. The molecule has 0 spiro atoms. The van der Waals surface area contributed by atoms with Crippen LogP contribution >= 0.6 is 0 Å². The molecule has 0 aromatic heterocycles. The molecule has 496 valence electrons. The number of carbonyl (C=O) groups is 3. The minimum atomic E-state index is -1.51. The third kappa shape index (κ3) is 68.3. The number of hydrogen-bond acceptors (Lipinski definition) is 7. The molecule has 0 saturated carbocycles. The van der Waals surface area contributed by atoms with Crippen LogP contribution in [0, 0.1) is 0 Å². The third-order valence-electron chi connectivity index (χ3n) is 16.3. The molecule has 0 aromatic carbocycles. The van der Waals surface area contributed by atoms with Crippen LogP contribution in [0.3, 0.4) is 0 Å². The van der Waals surface area contributed by atoms with Crippen LogP contribution in [0.5, 0.6) is 0 Å². The molecule has 0 bridgehead atoms. The minimum absolute atomic E-state index is 0.179. The number of quaternary nitrogens is 1. The molecule has 0 heterocycles. The number of esters is 2. The molecule has 85 heavy (non-hydrogen) atoms. The Kier molecular flexibility index (Phi) is 64.6. The average Bonchev–Trinajstić information content (AvgIpc) is 3.49. The molecule has 9 nitrogen and oxygen atoms in total. The number of carbonyl (C=O) groups excluding carboxylic acids is 2. The van der Waals surface area contributed by atoms with Crippen molar-refractivity contribution in [3.05, 3.63) is 60.8 Å². The molecule has 0 rings (SSSR count). The van der Waals surface area contributed by atoms with Gasteiger partial charge in [0, 0.05) is 12.8 Å². The lowest BCUT2D eigenvalue weighted by molar-refractivity contribution is -0.870. The molecule has 0 saturated heterocycles. The molecule has 0 amide bonds. The van der Waals surface area contributed by atoms with Crippen LogP contribution in [-0.4, -0.2) is 87.4 Å². The molecule has 0 radical (unpaired) electrons. The minimum Gasteiger partial charge on any atom is -0.477 e. The van der Waals surface area contributed by atoms with Crippen LogP contribution < -0.4 is 0 Å². The zero-order chi connectivity index (χ0) is 61.9. The summed E-state index contributed by atoms with van der Waals surface area (Å²) in [6, 6.07) is 0. The lowest BCUT2D eigenvalue weighted by Crippen LogP contribution is -2.40. The normalized spacial score (nSPS) is 13.0. The van der Waals surface area contributed by atoms with Crippen LogP contribution in [0.2, 0.25) is 0 Å². The summed E-state index contributed by atoms with van der Waals surface area (Å²) in [6.07, 6.45) is 85.0. The van der Waals surface area contributed by atoms with Crippen LogP contribution in [0.15, 0.2) is 60.8 Å². The molecule has 0 aromatic rings. The van der Waals surface area contributed by atoms with Crippen LogP contribution in [0.1, 0.15) is 348 Å². The van der Waals surface area contributed by atoms with Gasteiger partial charge in [0.05, 0.1) is 34.4 Å². The number of carboxylic acids is 1. The molecular weight excluding hydrogens is 1050 g/mol. The van der Waals surface area contributed by atoms with Crippen LogP contribution in [0.4, 0.5) is 0 Å². The first-order valence-corrected chi connectivity index (χ1v) is 36.5. The molecule has 0 aliphatic heterocycles. The average molecular weight is 1200 g/mol. The summed E-state index contributed by atoms with van der Waals surface area (Å²) in [7, 11) is 5.99. The first kappa shape index (κ1) is 82.0. The summed E-state index contributed by atoms with van der Waals surface area (Å²) in [4.78, 5) is 37.6. The maximum Gasteiger partial charge on any atom is 0.361 e. The maximum atomic E-state index is 12.9. The van der Waals surface area contributed by atoms with E-state index in [9.17, 15) is 19.5 Å². The maximum absolute atomic E-state index is 12.9. The second-order valence-corrected chi connectivity index (χ2v) is 25.9. The van der Waals surface area contributed by atoms with Gasteiger partial charge in [-0.3, -0.25) is 9.59 Å². The van der Waals surface area contributed by atoms with E-state index in [1.54, 1.807) is 0 Å². The van der Waals surface area contributed by atoms with Crippen molar-refractivity contribution in [2.45, 2.75) is 360 Å². The fraction of sp³-hybridized carbons (Fsp3) is 0.829. The summed E-state index contributed by atoms with van der Waals surface area (Å²) in [6.45, 7) is 4.82. The van der Waals surface area contributed by atoms with Crippen molar-refractivity contribution >= 4 is 17.9 Å². The Morgan fingerprint density at radius 2 is 0.671 bits per heavy atom.